The summed E-state index contributed by atoms with van der Waals surface area (Å²) in [4.78, 5) is 17.0. The Morgan fingerprint density at radius 1 is 1.20 bits per heavy atom. The van der Waals surface area contributed by atoms with Gasteiger partial charge in [-0.2, -0.15) is 13.2 Å². The Bertz CT molecular complexity index is 652. The summed E-state index contributed by atoms with van der Waals surface area (Å²) in [7, 11) is 0. The zero-order valence-electron chi connectivity index (χ0n) is 10.5. The van der Waals surface area contributed by atoms with E-state index < -0.39 is 11.7 Å². The molecule has 0 bridgehead atoms. The standard InChI is InChI=1S/C13H12F3N3O/c14-13(15,16)9-5-11(12-6-17-8-19(12)7-9)18-3-1-10(20)2-4-18/h5-8H,1-4H2. The molecule has 2 aromatic heterocycles. The first-order valence-electron chi connectivity index (χ1n) is 6.25. The van der Waals surface area contributed by atoms with Gasteiger partial charge < -0.3 is 9.30 Å². The molecule has 3 heterocycles. The Kier molecular flexibility index (Phi) is 2.92. The van der Waals surface area contributed by atoms with Gasteiger partial charge in [-0.05, 0) is 6.07 Å². The van der Waals surface area contributed by atoms with Crippen LogP contribution in [0.5, 0.6) is 0 Å². The van der Waals surface area contributed by atoms with Gasteiger partial charge >= 0.3 is 6.18 Å². The third kappa shape index (κ3) is 2.23. The first-order chi connectivity index (χ1) is 9.45. The van der Waals surface area contributed by atoms with E-state index in [1.165, 1.54) is 16.9 Å². The number of hydrogen-bond acceptors (Lipinski definition) is 3. The van der Waals surface area contributed by atoms with Crippen LogP contribution in [0.3, 0.4) is 0 Å². The van der Waals surface area contributed by atoms with E-state index in [2.05, 4.69) is 4.98 Å². The van der Waals surface area contributed by atoms with Gasteiger partial charge in [0.1, 0.15) is 5.78 Å². The van der Waals surface area contributed by atoms with E-state index in [9.17, 15) is 18.0 Å². The van der Waals surface area contributed by atoms with Crippen molar-refractivity contribution in [2.45, 2.75) is 19.0 Å². The molecular weight excluding hydrogens is 271 g/mol. The van der Waals surface area contributed by atoms with Gasteiger partial charge in [0.05, 0.1) is 29.3 Å². The number of carbonyl (C=O) groups excluding carboxylic acids is 1. The smallest absolute Gasteiger partial charge is 0.369 e. The number of ketones is 1. The highest BCUT2D eigenvalue weighted by Crippen LogP contribution is 2.34. The van der Waals surface area contributed by atoms with Crippen LogP contribution in [0.25, 0.3) is 5.52 Å². The predicted octanol–water partition coefficient (Wildman–Crippen LogP) is 2.52. The average Bonchev–Trinajstić information content (AvgIpc) is 2.85. The third-order valence-corrected chi connectivity index (χ3v) is 3.49. The highest BCUT2D eigenvalue weighted by Gasteiger charge is 2.32. The topological polar surface area (TPSA) is 37.6 Å². The molecule has 106 valence electrons. The van der Waals surface area contributed by atoms with Crippen LogP contribution in [0.1, 0.15) is 18.4 Å². The molecule has 1 aliphatic heterocycles. The molecule has 1 saturated heterocycles. The van der Waals surface area contributed by atoms with E-state index in [0.29, 0.717) is 37.1 Å². The Labute approximate surface area is 112 Å². The second-order valence-corrected chi connectivity index (χ2v) is 4.82. The van der Waals surface area contributed by atoms with Gasteiger partial charge in [-0.3, -0.25) is 4.79 Å². The summed E-state index contributed by atoms with van der Waals surface area (Å²) >= 11 is 0. The van der Waals surface area contributed by atoms with Gasteiger partial charge in [0.2, 0.25) is 0 Å². The number of halogens is 3. The summed E-state index contributed by atoms with van der Waals surface area (Å²) < 4.78 is 40.1. The minimum atomic E-state index is -4.40. The molecule has 0 aromatic carbocycles. The number of nitrogens with zero attached hydrogens (tertiary/aromatic N) is 3. The summed E-state index contributed by atoms with van der Waals surface area (Å²) in [5, 5.41) is 0. The molecule has 0 atom stereocenters. The van der Waals surface area contributed by atoms with Crippen LogP contribution < -0.4 is 4.90 Å². The minimum Gasteiger partial charge on any atom is -0.369 e. The van der Waals surface area contributed by atoms with E-state index >= 15 is 0 Å². The number of rotatable bonds is 1. The second-order valence-electron chi connectivity index (χ2n) is 4.82. The number of pyridine rings is 1. The lowest BCUT2D eigenvalue weighted by Crippen LogP contribution is -2.34. The molecule has 1 aliphatic rings. The quantitative estimate of drug-likeness (QED) is 0.807. The molecule has 7 heteroatoms. The van der Waals surface area contributed by atoms with Gasteiger partial charge in [-0.15, -0.1) is 0 Å². The largest absolute Gasteiger partial charge is 0.417 e. The number of hydrogen-bond donors (Lipinski definition) is 0. The van der Waals surface area contributed by atoms with Crippen LogP contribution >= 0.6 is 0 Å². The van der Waals surface area contributed by atoms with Gasteiger partial charge in [0.25, 0.3) is 0 Å². The van der Waals surface area contributed by atoms with E-state index in [1.807, 2.05) is 4.90 Å². The number of imidazole rings is 1. The highest BCUT2D eigenvalue weighted by molar-refractivity contribution is 5.82. The van der Waals surface area contributed by atoms with Gasteiger partial charge in [-0.25, -0.2) is 4.98 Å². The number of Topliss-reactive ketones (excluding diaryl/α,β-unsaturated/α-hetero) is 1. The van der Waals surface area contributed by atoms with Crippen molar-refractivity contribution in [3.8, 4) is 0 Å². The van der Waals surface area contributed by atoms with Gasteiger partial charge in [-0.1, -0.05) is 0 Å². The van der Waals surface area contributed by atoms with Crippen molar-refractivity contribution in [2.75, 3.05) is 18.0 Å². The predicted molar refractivity (Wildman–Crippen MR) is 66.6 cm³/mol. The van der Waals surface area contributed by atoms with Crippen LogP contribution in [0.15, 0.2) is 24.8 Å². The molecule has 0 N–H and O–H groups in total. The van der Waals surface area contributed by atoms with Crippen molar-refractivity contribution >= 4 is 17.0 Å². The average molecular weight is 283 g/mol. The van der Waals surface area contributed by atoms with Crippen molar-refractivity contribution in [3.63, 3.8) is 0 Å². The van der Waals surface area contributed by atoms with Crippen LogP contribution in [-0.2, 0) is 11.0 Å². The maximum absolute atomic E-state index is 12.9. The highest BCUT2D eigenvalue weighted by atomic mass is 19.4. The van der Waals surface area contributed by atoms with Crippen molar-refractivity contribution in [1.29, 1.82) is 0 Å². The lowest BCUT2D eigenvalue weighted by Gasteiger charge is -2.29. The summed E-state index contributed by atoms with van der Waals surface area (Å²) in [5.74, 6) is 0.151. The Hall–Kier alpha value is -2.05. The fourth-order valence-corrected chi connectivity index (χ4v) is 2.42. The zero-order chi connectivity index (χ0) is 14.3. The molecule has 0 radical (unpaired) electrons. The summed E-state index contributed by atoms with van der Waals surface area (Å²) in [5.41, 5.74) is 0.382. The number of piperidine rings is 1. The SMILES string of the molecule is O=C1CCN(c2cc(C(F)(F)F)cn3cncc23)CC1. The third-order valence-electron chi connectivity index (χ3n) is 3.49. The van der Waals surface area contributed by atoms with E-state index in [-0.39, 0.29) is 5.78 Å². The van der Waals surface area contributed by atoms with Crippen LogP contribution in [0.2, 0.25) is 0 Å². The second kappa shape index (κ2) is 4.50. The summed E-state index contributed by atoms with van der Waals surface area (Å²) in [6, 6.07) is 1.13. The molecule has 2 aromatic rings. The number of aromatic nitrogens is 2. The first kappa shape index (κ1) is 13.0. The molecule has 0 amide bonds. The maximum atomic E-state index is 12.9. The van der Waals surface area contributed by atoms with Crippen molar-refractivity contribution in [2.24, 2.45) is 0 Å². The fourth-order valence-electron chi connectivity index (χ4n) is 2.42. The lowest BCUT2D eigenvalue weighted by molar-refractivity contribution is -0.137. The van der Waals surface area contributed by atoms with Crippen molar-refractivity contribution < 1.29 is 18.0 Å². The Balaban J connectivity index is 2.08. The molecular formula is C13H12F3N3O. The molecule has 4 nitrogen and oxygen atoms in total. The maximum Gasteiger partial charge on any atom is 0.417 e. The molecule has 0 saturated carbocycles. The molecule has 1 fully saturated rings. The number of alkyl halides is 3. The molecule has 0 spiro atoms. The minimum absolute atomic E-state index is 0.151. The Morgan fingerprint density at radius 3 is 2.55 bits per heavy atom. The monoisotopic (exact) mass is 283 g/mol. The van der Waals surface area contributed by atoms with Crippen LogP contribution in [-0.4, -0.2) is 28.3 Å². The van der Waals surface area contributed by atoms with Gasteiger partial charge in [0.15, 0.2) is 0 Å². The Morgan fingerprint density at radius 2 is 1.90 bits per heavy atom. The molecule has 0 aliphatic carbocycles. The molecule has 0 unspecified atom stereocenters. The number of anilines is 1. The first-order valence-corrected chi connectivity index (χ1v) is 6.25. The van der Waals surface area contributed by atoms with Crippen LogP contribution in [0.4, 0.5) is 18.9 Å². The summed E-state index contributed by atoms with van der Waals surface area (Å²) in [6.45, 7) is 0.891. The summed E-state index contributed by atoms with van der Waals surface area (Å²) in [6.07, 6.45) is 0.252. The zero-order valence-corrected chi connectivity index (χ0v) is 10.5. The van der Waals surface area contributed by atoms with Crippen molar-refractivity contribution in [3.05, 3.63) is 30.4 Å². The normalized spacial score (nSPS) is 16.9. The lowest BCUT2D eigenvalue weighted by atomic mass is 10.1. The van der Waals surface area contributed by atoms with E-state index in [1.54, 1.807) is 0 Å². The van der Waals surface area contributed by atoms with Gasteiger partial charge in [0, 0.05) is 32.1 Å². The number of carbonyl (C=O) groups is 1. The van der Waals surface area contributed by atoms with E-state index in [4.69, 9.17) is 0 Å². The molecule has 20 heavy (non-hydrogen) atoms. The van der Waals surface area contributed by atoms with Crippen LogP contribution in [0, 0.1) is 0 Å². The number of fused-ring (bicyclic) bond motifs is 1. The van der Waals surface area contributed by atoms with E-state index in [0.717, 1.165) is 12.3 Å². The fraction of sp³-hybridized carbons (Fsp3) is 0.385. The van der Waals surface area contributed by atoms with Crippen molar-refractivity contribution in [1.82, 2.24) is 9.38 Å². The molecule has 3 rings (SSSR count).